The molecule has 0 aromatic rings. The molecule has 0 saturated heterocycles. The average molecular weight is 246 g/mol. The summed E-state index contributed by atoms with van der Waals surface area (Å²) in [6, 6.07) is 0. The Balaban J connectivity index is 3.34. The van der Waals surface area contributed by atoms with Crippen LogP contribution in [0.15, 0.2) is 0 Å². The van der Waals surface area contributed by atoms with Crippen LogP contribution in [0.5, 0.6) is 0 Å². The maximum atomic E-state index is 12.3. The predicted octanol–water partition coefficient (Wildman–Crippen LogP) is 1.32. The van der Waals surface area contributed by atoms with Gasteiger partial charge in [-0.25, -0.2) is 4.39 Å². The molecule has 0 fully saturated rings. The van der Waals surface area contributed by atoms with Gasteiger partial charge >= 0.3 is 5.97 Å². The Bertz CT molecular complexity index is 97.0. The van der Waals surface area contributed by atoms with Gasteiger partial charge < -0.3 is 4.74 Å². The SMILES string of the molecule is COC(=O)CC(F)CI. The third kappa shape index (κ3) is 4.62. The van der Waals surface area contributed by atoms with Crippen LogP contribution in [0.3, 0.4) is 0 Å². The highest BCUT2D eigenvalue weighted by Crippen LogP contribution is 2.02. The van der Waals surface area contributed by atoms with E-state index in [2.05, 4.69) is 4.74 Å². The van der Waals surface area contributed by atoms with Gasteiger partial charge in [0.05, 0.1) is 13.5 Å². The molecular weight excluding hydrogens is 238 g/mol. The van der Waals surface area contributed by atoms with Crippen LogP contribution >= 0.6 is 22.6 Å². The lowest BCUT2D eigenvalue weighted by molar-refractivity contribution is -0.141. The maximum Gasteiger partial charge on any atom is 0.308 e. The van der Waals surface area contributed by atoms with E-state index in [0.29, 0.717) is 4.43 Å². The van der Waals surface area contributed by atoms with Crippen molar-refractivity contribution in [2.45, 2.75) is 12.6 Å². The normalized spacial score (nSPS) is 12.8. The van der Waals surface area contributed by atoms with Crippen LogP contribution in [0.1, 0.15) is 6.42 Å². The summed E-state index contributed by atoms with van der Waals surface area (Å²) in [6.07, 6.45) is -1.18. The second-order valence-corrected chi connectivity index (χ2v) is 2.41. The third-order valence-corrected chi connectivity index (χ3v) is 1.74. The number of ether oxygens (including phenoxy) is 1. The molecule has 0 aromatic carbocycles. The molecule has 2 nitrogen and oxygen atoms in total. The van der Waals surface area contributed by atoms with E-state index in [1.807, 2.05) is 22.6 Å². The van der Waals surface area contributed by atoms with Crippen LogP contribution < -0.4 is 0 Å². The Morgan fingerprint density at radius 3 is 2.78 bits per heavy atom. The highest BCUT2D eigenvalue weighted by molar-refractivity contribution is 14.1. The van der Waals surface area contributed by atoms with Gasteiger partial charge in [-0.05, 0) is 0 Å². The first kappa shape index (κ1) is 9.13. The van der Waals surface area contributed by atoms with Crippen molar-refractivity contribution < 1.29 is 13.9 Å². The molecule has 0 heterocycles. The molecule has 0 aliphatic heterocycles. The zero-order valence-corrected chi connectivity index (χ0v) is 7.22. The van der Waals surface area contributed by atoms with Gasteiger partial charge in [0.1, 0.15) is 6.17 Å². The molecule has 0 amide bonds. The van der Waals surface area contributed by atoms with Crippen LogP contribution in [0, 0.1) is 0 Å². The third-order valence-electron chi connectivity index (χ3n) is 0.783. The van der Waals surface area contributed by atoms with Crippen molar-refractivity contribution in [3.05, 3.63) is 0 Å². The Morgan fingerprint density at radius 1 is 1.89 bits per heavy atom. The zero-order chi connectivity index (χ0) is 7.28. The van der Waals surface area contributed by atoms with Crippen LogP contribution in [0.4, 0.5) is 4.39 Å². The molecule has 0 aromatic heterocycles. The molecule has 54 valence electrons. The van der Waals surface area contributed by atoms with Crippen molar-refractivity contribution in [3.8, 4) is 0 Å². The summed E-state index contributed by atoms with van der Waals surface area (Å²) in [5.41, 5.74) is 0. The van der Waals surface area contributed by atoms with E-state index in [1.54, 1.807) is 0 Å². The standard InChI is InChI=1S/C5H8FIO2/c1-9-5(8)2-4(6)3-7/h4H,2-3H2,1H3. The van der Waals surface area contributed by atoms with Gasteiger partial charge in [0, 0.05) is 4.43 Å². The summed E-state index contributed by atoms with van der Waals surface area (Å²) in [6.45, 7) is 0. The summed E-state index contributed by atoms with van der Waals surface area (Å²) in [7, 11) is 1.25. The minimum Gasteiger partial charge on any atom is -0.469 e. The van der Waals surface area contributed by atoms with E-state index in [0.717, 1.165) is 0 Å². The van der Waals surface area contributed by atoms with Gasteiger partial charge in [0.15, 0.2) is 0 Å². The summed E-state index contributed by atoms with van der Waals surface area (Å²) >= 11 is 1.88. The number of hydrogen-bond acceptors (Lipinski definition) is 2. The first-order chi connectivity index (χ1) is 4.20. The number of carbonyl (C=O) groups is 1. The van der Waals surface area contributed by atoms with Gasteiger partial charge in [-0.2, -0.15) is 0 Å². The summed E-state index contributed by atoms with van der Waals surface area (Å²) in [5, 5.41) is 0. The van der Waals surface area contributed by atoms with Crippen LogP contribution in [-0.4, -0.2) is 23.7 Å². The molecule has 4 heteroatoms. The summed E-state index contributed by atoms with van der Waals surface area (Å²) in [5.74, 6) is -0.487. The molecule has 0 spiro atoms. The Kier molecular flexibility index (Phi) is 5.03. The molecule has 0 saturated carbocycles. The number of carbonyl (C=O) groups excluding carboxylic acids is 1. The lowest BCUT2D eigenvalue weighted by Crippen LogP contribution is -2.11. The molecule has 1 atom stereocenters. The molecule has 1 unspecified atom stereocenters. The molecule has 0 bridgehead atoms. The fourth-order valence-corrected chi connectivity index (χ4v) is 0.630. The van der Waals surface area contributed by atoms with Crippen LogP contribution in [-0.2, 0) is 9.53 Å². The van der Waals surface area contributed by atoms with Gasteiger partial charge in [-0.3, -0.25) is 4.79 Å². The lowest BCUT2D eigenvalue weighted by atomic mass is 10.3. The molecule has 0 N–H and O–H groups in total. The molecule has 0 aliphatic rings. The van der Waals surface area contributed by atoms with E-state index in [4.69, 9.17) is 0 Å². The minimum absolute atomic E-state index is 0.126. The zero-order valence-electron chi connectivity index (χ0n) is 5.06. The topological polar surface area (TPSA) is 26.3 Å². The maximum absolute atomic E-state index is 12.3. The molecule has 0 aliphatic carbocycles. The van der Waals surface area contributed by atoms with E-state index in [1.165, 1.54) is 7.11 Å². The highest BCUT2D eigenvalue weighted by atomic mass is 127. The largest absolute Gasteiger partial charge is 0.469 e. The summed E-state index contributed by atoms with van der Waals surface area (Å²) < 4.78 is 16.8. The van der Waals surface area contributed by atoms with Crippen molar-refractivity contribution >= 4 is 28.6 Å². The Morgan fingerprint density at radius 2 is 2.44 bits per heavy atom. The number of halogens is 2. The lowest BCUT2D eigenvalue weighted by Gasteiger charge is -2.00. The van der Waals surface area contributed by atoms with E-state index in [9.17, 15) is 9.18 Å². The molecule has 0 rings (SSSR count). The van der Waals surface area contributed by atoms with Gasteiger partial charge in [-0.15, -0.1) is 0 Å². The minimum atomic E-state index is -1.06. The van der Waals surface area contributed by atoms with Crippen LogP contribution in [0.25, 0.3) is 0 Å². The summed E-state index contributed by atoms with van der Waals surface area (Å²) in [4.78, 5) is 10.3. The van der Waals surface area contributed by atoms with Crippen LogP contribution in [0.2, 0.25) is 0 Å². The number of methoxy groups -OCH3 is 1. The number of alkyl halides is 2. The first-order valence-corrected chi connectivity index (χ1v) is 4.00. The predicted molar refractivity (Wildman–Crippen MR) is 40.4 cm³/mol. The second-order valence-electron chi connectivity index (χ2n) is 1.53. The van der Waals surface area contributed by atoms with Crippen molar-refractivity contribution in [3.63, 3.8) is 0 Å². The average Bonchev–Trinajstić information content (AvgIpc) is 1.87. The fourth-order valence-electron chi connectivity index (χ4n) is 0.319. The number of rotatable bonds is 3. The molecule has 9 heavy (non-hydrogen) atoms. The van der Waals surface area contributed by atoms with E-state index >= 15 is 0 Å². The Labute approximate surface area is 66.9 Å². The quantitative estimate of drug-likeness (QED) is 0.426. The van der Waals surface area contributed by atoms with Crippen molar-refractivity contribution in [1.29, 1.82) is 0 Å². The fraction of sp³-hybridized carbons (Fsp3) is 0.800. The highest BCUT2D eigenvalue weighted by Gasteiger charge is 2.09. The smallest absolute Gasteiger partial charge is 0.308 e. The second kappa shape index (κ2) is 4.96. The van der Waals surface area contributed by atoms with Gasteiger partial charge in [0.2, 0.25) is 0 Å². The van der Waals surface area contributed by atoms with E-state index in [-0.39, 0.29) is 6.42 Å². The van der Waals surface area contributed by atoms with Crippen molar-refractivity contribution in [2.24, 2.45) is 0 Å². The van der Waals surface area contributed by atoms with Gasteiger partial charge in [0.25, 0.3) is 0 Å². The van der Waals surface area contributed by atoms with Crippen molar-refractivity contribution in [2.75, 3.05) is 11.5 Å². The monoisotopic (exact) mass is 246 g/mol. The van der Waals surface area contributed by atoms with Crippen molar-refractivity contribution in [1.82, 2.24) is 0 Å². The van der Waals surface area contributed by atoms with Gasteiger partial charge in [-0.1, -0.05) is 22.6 Å². The first-order valence-electron chi connectivity index (χ1n) is 2.47. The number of hydrogen-bond donors (Lipinski definition) is 0. The molecular formula is C5H8FIO2. The Hall–Kier alpha value is 0.130. The van der Waals surface area contributed by atoms with E-state index < -0.39 is 12.1 Å². The number of esters is 1. The molecule has 0 radical (unpaired) electrons.